The van der Waals surface area contributed by atoms with Gasteiger partial charge in [0, 0.05) is 5.56 Å². The highest BCUT2D eigenvalue weighted by molar-refractivity contribution is 5.35. The maximum absolute atomic E-state index is 13.2. The van der Waals surface area contributed by atoms with Crippen LogP contribution in [0, 0.1) is 11.7 Å². The van der Waals surface area contributed by atoms with E-state index in [4.69, 9.17) is 4.74 Å². The van der Waals surface area contributed by atoms with Crippen molar-refractivity contribution in [2.75, 3.05) is 0 Å². The molecule has 0 radical (unpaired) electrons. The molecular weight excluding hydrogens is 231 g/mol. The molecule has 1 fully saturated rings. The molecule has 3 atom stereocenters. The van der Waals surface area contributed by atoms with Crippen LogP contribution < -0.4 is 4.74 Å². The van der Waals surface area contributed by atoms with Crippen molar-refractivity contribution in [3.63, 3.8) is 0 Å². The van der Waals surface area contributed by atoms with E-state index in [1.54, 1.807) is 13.0 Å². The lowest BCUT2D eigenvalue weighted by atomic mass is 9.88. The first-order valence-corrected chi connectivity index (χ1v) is 6.70. The molecule has 2 nitrogen and oxygen atoms in total. The van der Waals surface area contributed by atoms with Crippen LogP contribution in [0.25, 0.3) is 0 Å². The third-order valence-corrected chi connectivity index (χ3v) is 3.60. The molecule has 1 aliphatic carbocycles. The monoisotopic (exact) mass is 252 g/mol. The second-order valence-corrected chi connectivity index (χ2v) is 5.37. The topological polar surface area (TPSA) is 29.5 Å². The van der Waals surface area contributed by atoms with E-state index >= 15 is 0 Å². The quantitative estimate of drug-likeness (QED) is 0.885. The van der Waals surface area contributed by atoms with E-state index in [0.717, 1.165) is 12.8 Å². The van der Waals surface area contributed by atoms with Gasteiger partial charge in [-0.05, 0) is 50.3 Å². The van der Waals surface area contributed by atoms with Gasteiger partial charge in [-0.3, -0.25) is 0 Å². The summed E-state index contributed by atoms with van der Waals surface area (Å²) in [7, 11) is 0. The summed E-state index contributed by atoms with van der Waals surface area (Å²) in [5.74, 6) is 0.958. The minimum absolute atomic E-state index is 0.191. The number of benzene rings is 1. The van der Waals surface area contributed by atoms with Crippen molar-refractivity contribution in [3.05, 3.63) is 29.6 Å². The fourth-order valence-electron chi connectivity index (χ4n) is 2.62. The Hall–Kier alpha value is -1.09. The highest BCUT2D eigenvalue weighted by atomic mass is 19.1. The minimum Gasteiger partial charge on any atom is -0.490 e. The summed E-state index contributed by atoms with van der Waals surface area (Å²) in [5, 5.41) is 9.66. The molecule has 0 aliphatic heterocycles. The van der Waals surface area contributed by atoms with E-state index in [9.17, 15) is 9.50 Å². The number of hydrogen-bond acceptors (Lipinski definition) is 2. The molecule has 1 aromatic carbocycles. The first kappa shape index (κ1) is 13.3. The first-order valence-electron chi connectivity index (χ1n) is 6.70. The van der Waals surface area contributed by atoms with Gasteiger partial charge in [-0.2, -0.15) is 0 Å². The van der Waals surface area contributed by atoms with Crippen molar-refractivity contribution in [3.8, 4) is 5.75 Å². The highest BCUT2D eigenvalue weighted by Crippen LogP contribution is 2.31. The lowest BCUT2D eigenvalue weighted by molar-refractivity contribution is 0.121. The predicted octanol–water partition coefficient (Wildman–Crippen LogP) is 3.84. The van der Waals surface area contributed by atoms with Gasteiger partial charge in [-0.25, -0.2) is 4.39 Å². The Balaban J connectivity index is 2.12. The van der Waals surface area contributed by atoms with Crippen molar-refractivity contribution >= 4 is 0 Å². The maximum atomic E-state index is 13.2. The smallest absolute Gasteiger partial charge is 0.125 e. The molecule has 0 saturated heterocycles. The lowest BCUT2D eigenvalue weighted by Crippen LogP contribution is -2.24. The second-order valence-electron chi connectivity index (χ2n) is 5.37. The molecule has 0 aromatic heterocycles. The molecule has 0 bridgehead atoms. The summed E-state index contributed by atoms with van der Waals surface area (Å²) >= 11 is 0. The Morgan fingerprint density at radius 1 is 1.39 bits per heavy atom. The number of aliphatic hydroxyl groups excluding tert-OH is 1. The van der Waals surface area contributed by atoms with E-state index < -0.39 is 6.10 Å². The highest BCUT2D eigenvalue weighted by Gasteiger charge is 2.22. The maximum Gasteiger partial charge on any atom is 0.125 e. The van der Waals surface area contributed by atoms with Crippen molar-refractivity contribution < 1.29 is 14.2 Å². The summed E-state index contributed by atoms with van der Waals surface area (Å²) in [5.41, 5.74) is 0.535. The van der Waals surface area contributed by atoms with Gasteiger partial charge in [0.05, 0.1) is 12.2 Å². The molecule has 0 amide bonds. The second kappa shape index (κ2) is 5.70. The molecule has 18 heavy (non-hydrogen) atoms. The molecule has 0 spiro atoms. The molecular formula is C15H21FO2. The molecule has 1 saturated carbocycles. The van der Waals surface area contributed by atoms with Crippen LogP contribution >= 0.6 is 0 Å². The zero-order valence-corrected chi connectivity index (χ0v) is 11.0. The summed E-state index contributed by atoms with van der Waals surface area (Å²) < 4.78 is 19.1. The van der Waals surface area contributed by atoms with Crippen LogP contribution in [0.5, 0.6) is 5.75 Å². The number of ether oxygens (including phenoxy) is 1. The standard InChI is InChI=1S/C15H21FO2/c1-10-4-3-5-13(8-10)18-15-7-6-12(16)9-14(15)11(2)17/h6-7,9-11,13,17H,3-5,8H2,1-2H3. The number of hydrogen-bond donors (Lipinski definition) is 1. The third kappa shape index (κ3) is 3.22. The van der Waals surface area contributed by atoms with Crippen molar-refractivity contribution in [1.82, 2.24) is 0 Å². The Kier molecular flexibility index (Phi) is 4.23. The van der Waals surface area contributed by atoms with Crippen molar-refractivity contribution in [1.29, 1.82) is 0 Å². The van der Waals surface area contributed by atoms with E-state index in [0.29, 0.717) is 17.2 Å². The summed E-state index contributed by atoms with van der Waals surface area (Å²) in [6.45, 7) is 3.86. The Morgan fingerprint density at radius 2 is 2.17 bits per heavy atom. The van der Waals surface area contributed by atoms with Gasteiger partial charge in [-0.15, -0.1) is 0 Å². The SMILES string of the molecule is CC1CCCC(Oc2ccc(F)cc2C(C)O)C1. The summed E-state index contributed by atoms with van der Waals surface area (Å²) in [4.78, 5) is 0. The zero-order chi connectivity index (χ0) is 13.1. The number of aliphatic hydroxyl groups is 1. The van der Waals surface area contributed by atoms with Crippen LogP contribution in [0.4, 0.5) is 4.39 Å². The van der Waals surface area contributed by atoms with Crippen LogP contribution in [0.3, 0.4) is 0 Å². The van der Waals surface area contributed by atoms with Gasteiger partial charge in [0.1, 0.15) is 11.6 Å². The average Bonchev–Trinajstić information content (AvgIpc) is 2.31. The van der Waals surface area contributed by atoms with Crippen molar-refractivity contribution in [2.45, 2.75) is 51.7 Å². The van der Waals surface area contributed by atoms with E-state index in [-0.39, 0.29) is 11.9 Å². The van der Waals surface area contributed by atoms with Crippen LogP contribution in [-0.2, 0) is 0 Å². The average molecular weight is 252 g/mol. The predicted molar refractivity (Wildman–Crippen MR) is 69.1 cm³/mol. The van der Waals surface area contributed by atoms with Gasteiger partial charge in [0.2, 0.25) is 0 Å². The number of rotatable bonds is 3. The van der Waals surface area contributed by atoms with Crippen LogP contribution in [0.15, 0.2) is 18.2 Å². The van der Waals surface area contributed by atoms with Crippen molar-refractivity contribution in [2.24, 2.45) is 5.92 Å². The summed E-state index contributed by atoms with van der Waals surface area (Å²) in [6.07, 6.45) is 4.00. The first-order chi connectivity index (χ1) is 8.56. The Labute approximate surface area is 108 Å². The van der Waals surface area contributed by atoms with Crippen LogP contribution in [-0.4, -0.2) is 11.2 Å². The van der Waals surface area contributed by atoms with Crippen LogP contribution in [0.2, 0.25) is 0 Å². The largest absolute Gasteiger partial charge is 0.490 e. The van der Waals surface area contributed by atoms with Gasteiger partial charge >= 0.3 is 0 Å². The third-order valence-electron chi connectivity index (χ3n) is 3.60. The zero-order valence-electron chi connectivity index (χ0n) is 11.0. The number of halogens is 1. The van der Waals surface area contributed by atoms with Crippen LogP contribution in [0.1, 0.15) is 51.2 Å². The lowest BCUT2D eigenvalue weighted by Gasteiger charge is -2.28. The van der Waals surface area contributed by atoms with Gasteiger partial charge in [0.25, 0.3) is 0 Å². The normalized spacial score (nSPS) is 25.8. The Morgan fingerprint density at radius 3 is 2.83 bits per heavy atom. The molecule has 3 unspecified atom stereocenters. The summed E-state index contributed by atoms with van der Waals surface area (Å²) in [6, 6.07) is 4.36. The Bertz CT molecular complexity index is 403. The molecule has 1 aliphatic rings. The molecule has 1 aromatic rings. The van der Waals surface area contributed by atoms with E-state index in [1.165, 1.54) is 25.0 Å². The van der Waals surface area contributed by atoms with E-state index in [1.807, 2.05) is 0 Å². The fraction of sp³-hybridized carbons (Fsp3) is 0.600. The molecule has 2 rings (SSSR count). The molecule has 0 heterocycles. The van der Waals surface area contributed by atoms with Gasteiger partial charge in [-0.1, -0.05) is 13.3 Å². The van der Waals surface area contributed by atoms with Gasteiger partial charge in [0.15, 0.2) is 0 Å². The minimum atomic E-state index is -0.711. The molecule has 3 heteroatoms. The van der Waals surface area contributed by atoms with E-state index in [2.05, 4.69) is 6.92 Å². The molecule has 100 valence electrons. The fourth-order valence-corrected chi connectivity index (χ4v) is 2.62. The van der Waals surface area contributed by atoms with Gasteiger partial charge < -0.3 is 9.84 Å². The molecule has 1 N–H and O–H groups in total.